The minimum atomic E-state index is 0.804. The number of hydrogen-bond donors (Lipinski definition) is 0. The molecule has 2 heterocycles. The van der Waals surface area contributed by atoms with Crippen molar-refractivity contribution in [2.75, 3.05) is 31.1 Å². The summed E-state index contributed by atoms with van der Waals surface area (Å²) >= 11 is 0. The number of hydrogen-bond acceptors (Lipinski definition) is 4. The highest BCUT2D eigenvalue weighted by Gasteiger charge is 2.26. The van der Waals surface area contributed by atoms with Gasteiger partial charge in [0.25, 0.3) is 0 Å². The average Bonchev–Trinajstić information content (AvgIpc) is 2.80. The van der Waals surface area contributed by atoms with Crippen molar-refractivity contribution in [1.29, 1.82) is 0 Å². The van der Waals surface area contributed by atoms with E-state index in [0.29, 0.717) is 0 Å². The van der Waals surface area contributed by atoms with Gasteiger partial charge in [-0.3, -0.25) is 4.90 Å². The van der Waals surface area contributed by atoms with E-state index in [1.54, 1.807) is 0 Å². The van der Waals surface area contributed by atoms with Crippen LogP contribution >= 0.6 is 0 Å². The van der Waals surface area contributed by atoms with Crippen molar-refractivity contribution in [3.8, 4) is 11.4 Å². The van der Waals surface area contributed by atoms with Crippen LogP contribution < -0.4 is 4.90 Å². The van der Waals surface area contributed by atoms with Gasteiger partial charge in [0, 0.05) is 43.2 Å². The Hall–Kier alpha value is -2.46. The topological polar surface area (TPSA) is 32.3 Å². The van der Waals surface area contributed by atoms with Crippen LogP contribution in [0, 0.1) is 0 Å². The summed E-state index contributed by atoms with van der Waals surface area (Å²) in [4.78, 5) is 15.1. The van der Waals surface area contributed by atoms with E-state index in [4.69, 9.17) is 9.97 Å². The summed E-state index contributed by atoms with van der Waals surface area (Å²) in [5, 5.41) is 1.16. The van der Waals surface area contributed by atoms with Crippen molar-refractivity contribution in [1.82, 2.24) is 14.9 Å². The van der Waals surface area contributed by atoms with Gasteiger partial charge in [0.05, 0.1) is 5.52 Å². The molecule has 4 heteroatoms. The summed E-state index contributed by atoms with van der Waals surface area (Å²) in [6.07, 6.45) is 7.00. The van der Waals surface area contributed by atoms with Gasteiger partial charge in [-0.1, -0.05) is 61.7 Å². The van der Waals surface area contributed by atoms with Crippen LogP contribution in [0.25, 0.3) is 22.3 Å². The maximum atomic E-state index is 5.03. The number of piperazine rings is 1. The SMILES string of the molecule is c1ccc(-c2nc(N3CCN(C4CCCCC4)CC3)c3ccccc3n2)cc1. The second-order valence-electron chi connectivity index (χ2n) is 8.07. The first-order valence-electron chi connectivity index (χ1n) is 10.7. The Balaban J connectivity index is 1.44. The summed E-state index contributed by atoms with van der Waals surface area (Å²) in [5.41, 5.74) is 2.11. The molecule has 0 unspecified atom stereocenters. The molecular formula is C24H28N4. The molecule has 1 saturated heterocycles. The maximum Gasteiger partial charge on any atom is 0.162 e. The highest BCUT2D eigenvalue weighted by molar-refractivity contribution is 5.91. The molecule has 0 N–H and O–H groups in total. The Morgan fingerprint density at radius 1 is 0.714 bits per heavy atom. The van der Waals surface area contributed by atoms with Crippen molar-refractivity contribution in [2.24, 2.45) is 0 Å². The first kappa shape index (κ1) is 17.6. The fraction of sp³-hybridized carbons (Fsp3) is 0.417. The molecule has 2 aliphatic rings. The van der Waals surface area contributed by atoms with Gasteiger partial charge in [0.15, 0.2) is 5.82 Å². The number of benzene rings is 2. The fourth-order valence-electron chi connectivity index (χ4n) is 4.76. The molecular weight excluding hydrogens is 344 g/mol. The average molecular weight is 373 g/mol. The van der Waals surface area contributed by atoms with Crippen molar-refractivity contribution in [2.45, 2.75) is 38.1 Å². The van der Waals surface area contributed by atoms with E-state index in [9.17, 15) is 0 Å². The third-order valence-corrected chi connectivity index (χ3v) is 6.32. The van der Waals surface area contributed by atoms with Gasteiger partial charge in [-0.15, -0.1) is 0 Å². The Kier molecular flexibility index (Phi) is 4.96. The third-order valence-electron chi connectivity index (χ3n) is 6.32. The minimum Gasteiger partial charge on any atom is -0.353 e. The molecule has 1 aliphatic carbocycles. The summed E-state index contributed by atoms with van der Waals surface area (Å²) in [6, 6.07) is 19.5. The van der Waals surface area contributed by atoms with Crippen LogP contribution in [0.1, 0.15) is 32.1 Å². The van der Waals surface area contributed by atoms with Crippen LogP contribution in [-0.2, 0) is 0 Å². The first-order chi connectivity index (χ1) is 13.9. The second-order valence-corrected chi connectivity index (χ2v) is 8.07. The normalized spacial score (nSPS) is 19.2. The van der Waals surface area contributed by atoms with Gasteiger partial charge in [0.2, 0.25) is 0 Å². The van der Waals surface area contributed by atoms with Crippen LogP contribution in [0.4, 0.5) is 5.82 Å². The van der Waals surface area contributed by atoms with Crippen LogP contribution in [0.3, 0.4) is 0 Å². The zero-order chi connectivity index (χ0) is 18.8. The Labute approximate surface area is 167 Å². The minimum absolute atomic E-state index is 0.804. The zero-order valence-electron chi connectivity index (χ0n) is 16.4. The van der Waals surface area contributed by atoms with Crippen molar-refractivity contribution in [3.05, 3.63) is 54.6 Å². The van der Waals surface area contributed by atoms with Crippen LogP contribution in [0.15, 0.2) is 54.6 Å². The lowest BCUT2D eigenvalue weighted by Crippen LogP contribution is -2.51. The van der Waals surface area contributed by atoms with E-state index < -0.39 is 0 Å². The van der Waals surface area contributed by atoms with E-state index in [0.717, 1.165) is 60.3 Å². The highest BCUT2D eigenvalue weighted by Crippen LogP contribution is 2.29. The first-order valence-corrected chi connectivity index (χ1v) is 10.7. The molecule has 0 spiro atoms. The van der Waals surface area contributed by atoms with Crippen LogP contribution in [0.2, 0.25) is 0 Å². The van der Waals surface area contributed by atoms with Gasteiger partial charge < -0.3 is 4.90 Å². The largest absolute Gasteiger partial charge is 0.353 e. The van der Waals surface area contributed by atoms with Gasteiger partial charge in [-0.25, -0.2) is 9.97 Å². The van der Waals surface area contributed by atoms with E-state index in [1.165, 1.54) is 32.1 Å². The molecule has 2 aromatic carbocycles. The number of aromatic nitrogens is 2. The predicted octanol–water partition coefficient (Wildman–Crippen LogP) is 4.75. The molecule has 0 bridgehead atoms. The Morgan fingerprint density at radius 2 is 1.43 bits per heavy atom. The van der Waals surface area contributed by atoms with E-state index in [2.05, 4.69) is 58.3 Å². The monoisotopic (exact) mass is 372 g/mol. The van der Waals surface area contributed by atoms with Crippen molar-refractivity contribution in [3.63, 3.8) is 0 Å². The number of fused-ring (bicyclic) bond motifs is 1. The Morgan fingerprint density at radius 3 is 2.21 bits per heavy atom. The number of anilines is 1. The van der Waals surface area contributed by atoms with Gasteiger partial charge in [-0.2, -0.15) is 0 Å². The zero-order valence-corrected chi connectivity index (χ0v) is 16.4. The molecule has 0 atom stereocenters. The Bertz CT molecular complexity index is 926. The van der Waals surface area contributed by atoms with Gasteiger partial charge in [-0.05, 0) is 25.0 Å². The van der Waals surface area contributed by atoms with Gasteiger partial charge >= 0.3 is 0 Å². The predicted molar refractivity (Wildman–Crippen MR) is 116 cm³/mol. The smallest absolute Gasteiger partial charge is 0.162 e. The second kappa shape index (κ2) is 7.88. The van der Waals surface area contributed by atoms with Crippen molar-refractivity contribution < 1.29 is 0 Å². The van der Waals surface area contributed by atoms with E-state index in [1.807, 2.05) is 6.07 Å². The van der Waals surface area contributed by atoms with Crippen molar-refractivity contribution >= 4 is 16.7 Å². The quantitative estimate of drug-likeness (QED) is 0.664. The van der Waals surface area contributed by atoms with E-state index in [-0.39, 0.29) is 0 Å². The lowest BCUT2D eigenvalue weighted by molar-refractivity contribution is 0.148. The number of para-hydroxylation sites is 1. The molecule has 2 fully saturated rings. The molecule has 1 saturated carbocycles. The molecule has 1 aliphatic heterocycles. The summed E-state index contributed by atoms with van der Waals surface area (Å²) in [6.45, 7) is 4.38. The van der Waals surface area contributed by atoms with Gasteiger partial charge in [0.1, 0.15) is 5.82 Å². The molecule has 28 heavy (non-hydrogen) atoms. The molecule has 0 radical (unpaired) electrons. The standard InChI is InChI=1S/C24H28N4/c1-3-9-19(10-4-1)23-25-22-14-8-7-13-21(22)24(26-23)28-17-15-27(16-18-28)20-11-5-2-6-12-20/h1,3-4,7-10,13-14,20H,2,5-6,11-12,15-18H2. The molecule has 3 aromatic rings. The van der Waals surface area contributed by atoms with Crippen LogP contribution in [0.5, 0.6) is 0 Å². The number of nitrogens with zero attached hydrogens (tertiary/aromatic N) is 4. The summed E-state index contributed by atoms with van der Waals surface area (Å²) in [5.74, 6) is 1.91. The van der Waals surface area contributed by atoms with Crippen LogP contribution in [-0.4, -0.2) is 47.1 Å². The lowest BCUT2D eigenvalue weighted by atomic mass is 9.94. The molecule has 1 aromatic heterocycles. The molecule has 144 valence electrons. The highest BCUT2D eigenvalue weighted by atomic mass is 15.3. The third kappa shape index (κ3) is 3.49. The molecule has 0 amide bonds. The van der Waals surface area contributed by atoms with E-state index >= 15 is 0 Å². The maximum absolute atomic E-state index is 5.03. The lowest BCUT2D eigenvalue weighted by Gasteiger charge is -2.41. The summed E-state index contributed by atoms with van der Waals surface area (Å²) in [7, 11) is 0. The number of rotatable bonds is 3. The molecule has 4 nitrogen and oxygen atoms in total. The summed E-state index contributed by atoms with van der Waals surface area (Å²) < 4.78 is 0. The molecule has 5 rings (SSSR count). The fourth-order valence-corrected chi connectivity index (χ4v) is 4.76.